The average Bonchev–Trinajstić information content (AvgIpc) is 2.46. The Labute approximate surface area is 131 Å². The molecule has 5 nitrogen and oxygen atoms in total. The minimum Gasteiger partial charge on any atom is -0.309 e. The summed E-state index contributed by atoms with van der Waals surface area (Å²) in [5.74, 6) is 0.429. The molecule has 0 bridgehead atoms. The van der Waals surface area contributed by atoms with Crippen LogP contribution in [0.25, 0.3) is 0 Å². The quantitative estimate of drug-likeness (QED) is 0.677. The van der Waals surface area contributed by atoms with E-state index < -0.39 is 0 Å². The van der Waals surface area contributed by atoms with Gasteiger partial charge in [-0.25, -0.2) is 0 Å². The second-order valence-electron chi connectivity index (χ2n) is 4.16. The molecule has 1 heterocycles. The second-order valence-corrected chi connectivity index (χ2v) is 5.59. The van der Waals surface area contributed by atoms with E-state index >= 15 is 0 Å². The van der Waals surface area contributed by atoms with E-state index in [1.54, 1.807) is 36.4 Å². The van der Waals surface area contributed by atoms with Crippen molar-refractivity contribution in [2.24, 2.45) is 0 Å². The maximum atomic E-state index is 12.0. The number of thioether (sulfide) groups is 1. The van der Waals surface area contributed by atoms with Gasteiger partial charge in [0.25, 0.3) is 0 Å². The molecule has 0 aliphatic rings. The maximum absolute atomic E-state index is 12.0. The van der Waals surface area contributed by atoms with Crippen molar-refractivity contribution in [3.05, 3.63) is 47.0 Å². The van der Waals surface area contributed by atoms with Gasteiger partial charge >= 0.3 is 0 Å². The Morgan fingerprint density at radius 3 is 2.43 bits per heavy atom. The number of anilines is 1. The first-order valence-corrected chi connectivity index (χ1v) is 7.44. The lowest BCUT2D eigenvalue weighted by Gasteiger charge is -2.03. The number of nitrogens with one attached hydrogen (secondary N) is 1. The molecule has 0 aliphatic carbocycles. The van der Waals surface area contributed by atoms with Crippen LogP contribution in [0, 0.1) is 0 Å². The molecule has 0 atom stereocenters. The molecule has 0 fully saturated rings. The number of hydrogen-bond acceptors (Lipinski definition) is 5. The minimum atomic E-state index is -0.206. The summed E-state index contributed by atoms with van der Waals surface area (Å²) in [4.78, 5) is 22.8. The molecule has 108 valence electrons. The number of ketones is 1. The highest BCUT2D eigenvalue weighted by atomic mass is 35.5. The van der Waals surface area contributed by atoms with Gasteiger partial charge in [-0.3, -0.25) is 9.59 Å². The molecule has 0 saturated heterocycles. The number of halogens is 1. The zero-order valence-corrected chi connectivity index (χ0v) is 12.7. The Balaban J connectivity index is 1.92. The largest absolute Gasteiger partial charge is 0.309 e. The summed E-state index contributed by atoms with van der Waals surface area (Å²) in [6.07, 6.45) is 0. The Kier molecular flexibility index (Phi) is 5.30. The minimum absolute atomic E-state index is 0.00981. The van der Waals surface area contributed by atoms with Crippen LogP contribution in [0.4, 0.5) is 5.82 Å². The lowest BCUT2D eigenvalue weighted by atomic mass is 10.1. The predicted octanol–water partition coefficient (Wildman–Crippen LogP) is 3.06. The Hall–Kier alpha value is -1.92. The van der Waals surface area contributed by atoms with E-state index in [1.807, 2.05) is 0 Å². The van der Waals surface area contributed by atoms with Gasteiger partial charge in [0, 0.05) is 17.5 Å². The van der Waals surface area contributed by atoms with Crippen molar-refractivity contribution in [2.45, 2.75) is 11.9 Å². The van der Waals surface area contributed by atoms with Crippen molar-refractivity contribution in [2.75, 3.05) is 11.1 Å². The smallest absolute Gasteiger partial charge is 0.222 e. The van der Waals surface area contributed by atoms with Gasteiger partial charge in [-0.1, -0.05) is 23.4 Å². The van der Waals surface area contributed by atoms with Gasteiger partial charge in [0.2, 0.25) is 5.91 Å². The van der Waals surface area contributed by atoms with Gasteiger partial charge in [0.1, 0.15) is 5.03 Å². The summed E-state index contributed by atoms with van der Waals surface area (Å²) >= 11 is 7.06. The van der Waals surface area contributed by atoms with Gasteiger partial charge in [-0.15, -0.1) is 10.2 Å². The van der Waals surface area contributed by atoms with Gasteiger partial charge < -0.3 is 5.32 Å². The SMILES string of the molecule is CC(=O)Nc1ccc(SCC(=O)c2ccc(Cl)cc2)nn1. The number of benzene rings is 1. The van der Waals surface area contributed by atoms with Gasteiger partial charge in [0.15, 0.2) is 11.6 Å². The fraction of sp³-hybridized carbons (Fsp3) is 0.143. The van der Waals surface area contributed by atoms with Gasteiger partial charge in [-0.2, -0.15) is 0 Å². The Bertz CT molecular complexity index is 644. The number of hydrogen-bond donors (Lipinski definition) is 1. The number of nitrogens with zero attached hydrogens (tertiary/aromatic N) is 2. The summed E-state index contributed by atoms with van der Waals surface area (Å²) in [7, 11) is 0. The molecule has 0 aliphatic heterocycles. The van der Waals surface area contributed by atoms with Crippen molar-refractivity contribution in [3.63, 3.8) is 0 Å². The molecule has 1 aromatic heterocycles. The molecule has 1 N–H and O–H groups in total. The van der Waals surface area contributed by atoms with Crippen LogP contribution in [0.2, 0.25) is 5.02 Å². The van der Waals surface area contributed by atoms with E-state index in [-0.39, 0.29) is 17.4 Å². The molecular weight excluding hydrogens is 310 g/mol. The molecule has 21 heavy (non-hydrogen) atoms. The zero-order valence-electron chi connectivity index (χ0n) is 11.2. The number of amides is 1. The molecule has 0 saturated carbocycles. The first kappa shape index (κ1) is 15.5. The zero-order chi connectivity index (χ0) is 15.2. The maximum Gasteiger partial charge on any atom is 0.222 e. The molecule has 2 rings (SSSR count). The number of Topliss-reactive ketones (excluding diaryl/α,β-unsaturated/α-hetero) is 1. The van der Waals surface area contributed by atoms with Crippen molar-refractivity contribution in [1.82, 2.24) is 10.2 Å². The predicted molar refractivity (Wildman–Crippen MR) is 82.8 cm³/mol. The Morgan fingerprint density at radius 1 is 1.14 bits per heavy atom. The van der Waals surface area contributed by atoms with Crippen LogP contribution in [0.15, 0.2) is 41.4 Å². The highest BCUT2D eigenvalue weighted by molar-refractivity contribution is 7.99. The lowest BCUT2D eigenvalue weighted by molar-refractivity contribution is -0.114. The molecule has 0 radical (unpaired) electrons. The fourth-order valence-electron chi connectivity index (χ4n) is 1.50. The summed E-state index contributed by atoms with van der Waals surface area (Å²) in [6.45, 7) is 1.40. The van der Waals surface area contributed by atoms with Crippen LogP contribution in [0.1, 0.15) is 17.3 Å². The number of aromatic nitrogens is 2. The lowest BCUT2D eigenvalue weighted by Crippen LogP contribution is -2.08. The number of carbonyl (C=O) groups is 2. The number of rotatable bonds is 5. The summed E-state index contributed by atoms with van der Waals surface area (Å²) in [6, 6.07) is 10.1. The normalized spacial score (nSPS) is 10.2. The third kappa shape index (κ3) is 4.84. The van der Waals surface area contributed by atoms with E-state index in [4.69, 9.17) is 11.6 Å². The second kappa shape index (κ2) is 7.19. The topological polar surface area (TPSA) is 72.0 Å². The van der Waals surface area contributed by atoms with Gasteiger partial charge in [0.05, 0.1) is 5.75 Å². The van der Waals surface area contributed by atoms with Crippen LogP contribution < -0.4 is 5.32 Å². The van der Waals surface area contributed by atoms with Crippen LogP contribution in [-0.2, 0) is 4.79 Å². The molecule has 1 aromatic carbocycles. The molecule has 0 unspecified atom stereocenters. The molecule has 1 amide bonds. The molecule has 0 spiro atoms. The van der Waals surface area contributed by atoms with Crippen LogP contribution in [0.3, 0.4) is 0 Å². The average molecular weight is 322 g/mol. The summed E-state index contributed by atoms with van der Waals surface area (Å²) < 4.78 is 0. The van der Waals surface area contributed by atoms with Crippen molar-refractivity contribution in [1.29, 1.82) is 0 Å². The highest BCUT2D eigenvalue weighted by Gasteiger charge is 2.08. The van der Waals surface area contributed by atoms with Crippen molar-refractivity contribution >= 4 is 40.9 Å². The van der Waals surface area contributed by atoms with E-state index in [9.17, 15) is 9.59 Å². The molecular formula is C14H12ClN3O2S. The standard InChI is InChI=1S/C14H12ClN3O2S/c1-9(19)16-13-6-7-14(18-17-13)21-8-12(20)10-2-4-11(15)5-3-10/h2-7H,8H2,1H3,(H,16,17,19). The molecule has 2 aromatic rings. The Morgan fingerprint density at radius 2 is 1.86 bits per heavy atom. The number of carbonyl (C=O) groups excluding carboxylic acids is 2. The monoisotopic (exact) mass is 321 g/mol. The third-order valence-corrected chi connectivity index (χ3v) is 3.63. The van der Waals surface area contributed by atoms with Crippen LogP contribution in [0.5, 0.6) is 0 Å². The first-order valence-electron chi connectivity index (χ1n) is 6.07. The van der Waals surface area contributed by atoms with Crippen LogP contribution in [-0.4, -0.2) is 27.6 Å². The van der Waals surface area contributed by atoms with E-state index in [0.717, 1.165) is 0 Å². The van der Waals surface area contributed by atoms with Crippen molar-refractivity contribution in [3.8, 4) is 0 Å². The van der Waals surface area contributed by atoms with Crippen LogP contribution >= 0.6 is 23.4 Å². The van der Waals surface area contributed by atoms with E-state index in [0.29, 0.717) is 21.4 Å². The van der Waals surface area contributed by atoms with Gasteiger partial charge in [-0.05, 0) is 36.4 Å². The third-order valence-electron chi connectivity index (χ3n) is 2.46. The van der Waals surface area contributed by atoms with E-state index in [2.05, 4.69) is 15.5 Å². The van der Waals surface area contributed by atoms with E-state index in [1.165, 1.54) is 18.7 Å². The summed E-state index contributed by atoms with van der Waals surface area (Å²) in [5.41, 5.74) is 0.606. The first-order chi connectivity index (χ1) is 10.0. The fourth-order valence-corrected chi connectivity index (χ4v) is 2.34. The highest BCUT2D eigenvalue weighted by Crippen LogP contribution is 2.18. The summed E-state index contributed by atoms with van der Waals surface area (Å²) in [5, 5.41) is 11.5. The van der Waals surface area contributed by atoms with Crippen molar-refractivity contribution < 1.29 is 9.59 Å². The molecule has 7 heteroatoms.